The summed E-state index contributed by atoms with van der Waals surface area (Å²) < 4.78 is 0. The Morgan fingerprint density at radius 2 is 1.97 bits per heavy atom. The highest BCUT2D eigenvalue weighted by Gasteiger charge is 2.24. The van der Waals surface area contributed by atoms with Crippen molar-refractivity contribution in [3.63, 3.8) is 0 Å². The molecule has 6 heteroatoms. The van der Waals surface area contributed by atoms with Gasteiger partial charge in [0.2, 0.25) is 0 Å². The Morgan fingerprint density at radius 3 is 2.73 bits per heavy atom. The van der Waals surface area contributed by atoms with Crippen LogP contribution in [0.4, 0.5) is 0 Å². The van der Waals surface area contributed by atoms with Crippen LogP contribution >= 0.6 is 0 Å². The van der Waals surface area contributed by atoms with E-state index in [2.05, 4.69) is 26.3 Å². The number of carbonyl (C=O) groups excluding carboxylic acids is 1. The molecule has 0 spiro atoms. The van der Waals surface area contributed by atoms with E-state index in [-0.39, 0.29) is 11.8 Å². The van der Waals surface area contributed by atoms with E-state index in [1.165, 1.54) is 5.56 Å². The number of benzene rings is 1. The highest BCUT2D eigenvalue weighted by atomic mass is 16.1. The molecular weight excluding hydrogens is 374 g/mol. The second-order valence-corrected chi connectivity index (χ2v) is 7.83. The van der Waals surface area contributed by atoms with E-state index in [0.29, 0.717) is 12.1 Å². The maximum absolute atomic E-state index is 12.6. The van der Waals surface area contributed by atoms with E-state index >= 15 is 0 Å². The van der Waals surface area contributed by atoms with Crippen LogP contribution in [0.5, 0.6) is 0 Å². The molecule has 2 aromatic heterocycles. The normalized spacial score (nSPS) is 16.9. The zero-order valence-electron chi connectivity index (χ0n) is 17.3. The van der Waals surface area contributed by atoms with Crippen molar-refractivity contribution >= 4 is 5.91 Å². The fourth-order valence-corrected chi connectivity index (χ4v) is 3.94. The highest BCUT2D eigenvalue weighted by Crippen LogP contribution is 2.26. The summed E-state index contributed by atoms with van der Waals surface area (Å²) >= 11 is 0. The van der Waals surface area contributed by atoms with E-state index in [1.807, 2.05) is 49.5 Å². The predicted molar refractivity (Wildman–Crippen MR) is 116 cm³/mol. The van der Waals surface area contributed by atoms with Gasteiger partial charge in [-0.3, -0.25) is 14.7 Å². The molecule has 1 saturated heterocycles. The van der Waals surface area contributed by atoms with E-state index in [0.717, 1.165) is 49.6 Å². The fourth-order valence-electron chi connectivity index (χ4n) is 3.94. The van der Waals surface area contributed by atoms with Crippen LogP contribution in [0.2, 0.25) is 0 Å². The number of pyridine rings is 1. The minimum Gasteiger partial charge on any atom is -0.348 e. The van der Waals surface area contributed by atoms with Crippen molar-refractivity contribution < 1.29 is 4.79 Å². The third-order valence-electron chi connectivity index (χ3n) is 5.54. The monoisotopic (exact) mass is 401 g/mol. The molecule has 1 atom stereocenters. The topological polar surface area (TPSA) is 71.0 Å². The number of aryl methyl sites for hydroxylation is 1. The van der Waals surface area contributed by atoms with Gasteiger partial charge in [-0.25, -0.2) is 9.97 Å². The summed E-state index contributed by atoms with van der Waals surface area (Å²) in [5, 5.41) is 2.96. The molecular formula is C24H27N5O. The molecule has 1 N–H and O–H groups in total. The first kappa shape index (κ1) is 20.2. The van der Waals surface area contributed by atoms with Crippen LogP contribution in [0.15, 0.2) is 61.1 Å². The fraction of sp³-hybridized carbons (Fsp3) is 0.333. The number of nitrogens with one attached hydrogen (secondary N) is 1. The number of hydrogen-bond donors (Lipinski definition) is 1. The summed E-state index contributed by atoms with van der Waals surface area (Å²) in [7, 11) is 0. The number of aromatic nitrogens is 3. The zero-order chi connectivity index (χ0) is 20.8. The molecule has 1 aliphatic heterocycles. The summed E-state index contributed by atoms with van der Waals surface area (Å²) in [4.78, 5) is 28.5. The lowest BCUT2D eigenvalue weighted by atomic mass is 9.96. The average Bonchev–Trinajstić information content (AvgIpc) is 2.79. The van der Waals surface area contributed by atoms with Gasteiger partial charge in [0.15, 0.2) is 0 Å². The van der Waals surface area contributed by atoms with Crippen molar-refractivity contribution in [2.75, 3.05) is 13.1 Å². The average molecular weight is 402 g/mol. The van der Waals surface area contributed by atoms with Crippen LogP contribution in [-0.2, 0) is 13.1 Å². The van der Waals surface area contributed by atoms with Gasteiger partial charge in [0.25, 0.3) is 5.91 Å². The van der Waals surface area contributed by atoms with Crippen molar-refractivity contribution in [2.45, 2.75) is 38.8 Å². The van der Waals surface area contributed by atoms with Crippen molar-refractivity contribution in [2.24, 2.45) is 0 Å². The van der Waals surface area contributed by atoms with E-state index < -0.39 is 0 Å². The lowest BCUT2D eigenvalue weighted by molar-refractivity contribution is 0.0949. The Hall–Kier alpha value is -3.12. The van der Waals surface area contributed by atoms with Gasteiger partial charge >= 0.3 is 0 Å². The van der Waals surface area contributed by atoms with Gasteiger partial charge in [0, 0.05) is 44.1 Å². The Balaban J connectivity index is 1.39. The van der Waals surface area contributed by atoms with Gasteiger partial charge < -0.3 is 5.32 Å². The molecule has 1 aromatic carbocycles. The summed E-state index contributed by atoms with van der Waals surface area (Å²) in [6.45, 7) is 5.27. The zero-order valence-corrected chi connectivity index (χ0v) is 17.3. The molecule has 1 fully saturated rings. The van der Waals surface area contributed by atoms with Crippen molar-refractivity contribution in [1.29, 1.82) is 0 Å². The molecule has 3 heterocycles. The van der Waals surface area contributed by atoms with Crippen LogP contribution in [-0.4, -0.2) is 38.8 Å². The number of likely N-dealkylation sites (tertiary alicyclic amines) is 1. The minimum atomic E-state index is -0.134. The summed E-state index contributed by atoms with van der Waals surface area (Å²) in [5.74, 6) is 0.989. The molecule has 30 heavy (non-hydrogen) atoms. The standard InChI is InChI=1S/C24H27N5O/c1-18-22(24(30)27-14-19-7-3-2-4-8-19)15-26-23(28-18)21-10-6-12-29(17-21)16-20-9-5-11-25-13-20/h2-5,7-9,11,13,15,21H,6,10,12,14,16-17H2,1H3,(H,27,30)/t21-/m0/s1. The summed E-state index contributed by atoms with van der Waals surface area (Å²) in [5.41, 5.74) is 3.56. The lowest BCUT2D eigenvalue weighted by Crippen LogP contribution is -2.34. The smallest absolute Gasteiger partial charge is 0.254 e. The Bertz CT molecular complexity index is 977. The van der Waals surface area contributed by atoms with E-state index in [4.69, 9.17) is 4.98 Å². The number of amides is 1. The minimum absolute atomic E-state index is 0.134. The van der Waals surface area contributed by atoms with Crippen molar-refractivity contribution in [1.82, 2.24) is 25.2 Å². The lowest BCUT2D eigenvalue weighted by Gasteiger charge is -2.32. The number of hydrogen-bond acceptors (Lipinski definition) is 5. The number of rotatable bonds is 6. The maximum Gasteiger partial charge on any atom is 0.254 e. The summed E-state index contributed by atoms with van der Waals surface area (Å²) in [6, 6.07) is 14.0. The predicted octanol–water partition coefficient (Wildman–Crippen LogP) is 3.49. The molecule has 0 aliphatic carbocycles. The molecule has 0 unspecified atom stereocenters. The number of nitrogens with zero attached hydrogens (tertiary/aromatic N) is 4. The third-order valence-corrected chi connectivity index (χ3v) is 5.54. The van der Waals surface area contributed by atoms with Crippen LogP contribution in [0.3, 0.4) is 0 Å². The van der Waals surface area contributed by atoms with Crippen molar-refractivity contribution in [3.8, 4) is 0 Å². The Labute approximate surface area is 177 Å². The molecule has 0 saturated carbocycles. The molecule has 0 radical (unpaired) electrons. The van der Waals surface area contributed by atoms with Gasteiger partial charge in [-0.2, -0.15) is 0 Å². The molecule has 3 aromatic rings. The second kappa shape index (κ2) is 9.59. The third kappa shape index (κ3) is 5.07. The largest absolute Gasteiger partial charge is 0.348 e. The maximum atomic E-state index is 12.6. The SMILES string of the molecule is Cc1nc([C@H]2CCCN(Cc3cccnc3)C2)ncc1C(=O)NCc1ccccc1. The molecule has 154 valence electrons. The quantitative estimate of drug-likeness (QED) is 0.685. The number of carbonyl (C=O) groups is 1. The van der Waals surface area contributed by atoms with Gasteiger partial charge in [-0.15, -0.1) is 0 Å². The first-order valence-electron chi connectivity index (χ1n) is 10.5. The molecule has 0 bridgehead atoms. The Kier molecular flexibility index (Phi) is 6.44. The molecule has 1 amide bonds. The van der Waals surface area contributed by atoms with Crippen LogP contribution < -0.4 is 5.32 Å². The van der Waals surface area contributed by atoms with Gasteiger partial charge in [0.1, 0.15) is 5.82 Å². The first-order chi connectivity index (χ1) is 14.7. The van der Waals surface area contributed by atoms with Crippen LogP contribution in [0.25, 0.3) is 0 Å². The van der Waals surface area contributed by atoms with Gasteiger partial charge in [-0.1, -0.05) is 36.4 Å². The van der Waals surface area contributed by atoms with Gasteiger partial charge in [-0.05, 0) is 43.5 Å². The summed E-state index contributed by atoms with van der Waals surface area (Å²) in [6.07, 6.45) is 7.59. The van der Waals surface area contributed by atoms with Crippen LogP contribution in [0, 0.1) is 6.92 Å². The number of piperidine rings is 1. The molecule has 1 aliphatic rings. The highest BCUT2D eigenvalue weighted by molar-refractivity contribution is 5.94. The second-order valence-electron chi connectivity index (χ2n) is 7.83. The van der Waals surface area contributed by atoms with Crippen molar-refractivity contribution in [3.05, 3.63) is 89.3 Å². The molecule has 4 rings (SSSR count). The van der Waals surface area contributed by atoms with Gasteiger partial charge in [0.05, 0.1) is 11.3 Å². The first-order valence-corrected chi connectivity index (χ1v) is 10.5. The van der Waals surface area contributed by atoms with E-state index in [9.17, 15) is 4.79 Å². The Morgan fingerprint density at radius 1 is 1.13 bits per heavy atom. The van der Waals surface area contributed by atoms with E-state index in [1.54, 1.807) is 12.4 Å². The molecule has 6 nitrogen and oxygen atoms in total. The van der Waals surface area contributed by atoms with Crippen LogP contribution in [0.1, 0.15) is 51.8 Å².